The van der Waals surface area contributed by atoms with Gasteiger partial charge in [0.05, 0.1) is 31.8 Å². The summed E-state index contributed by atoms with van der Waals surface area (Å²) in [6.07, 6.45) is 8.65. The lowest BCUT2D eigenvalue weighted by Crippen LogP contribution is -2.32. The highest BCUT2D eigenvalue weighted by molar-refractivity contribution is 9.10. The van der Waals surface area contributed by atoms with Gasteiger partial charge in [0.25, 0.3) is 0 Å². The number of carbonyl (C=O) groups excluding carboxylic acids is 1. The number of hydrogen-bond donors (Lipinski definition) is 0. The van der Waals surface area contributed by atoms with Crippen molar-refractivity contribution in [3.8, 4) is 11.1 Å². The first kappa shape index (κ1) is 26.1. The number of halogens is 1. The molecule has 1 aliphatic rings. The summed E-state index contributed by atoms with van der Waals surface area (Å²) >= 11 is 3.48. The molecule has 1 aliphatic heterocycles. The van der Waals surface area contributed by atoms with Gasteiger partial charge in [-0.25, -0.2) is 4.98 Å². The van der Waals surface area contributed by atoms with Crippen molar-refractivity contribution >= 4 is 33.0 Å². The van der Waals surface area contributed by atoms with Gasteiger partial charge in [0.2, 0.25) is 0 Å². The molecule has 1 fully saturated rings. The number of aromatic nitrogens is 3. The Balaban J connectivity index is 0.000000366. The molecule has 3 heterocycles. The molecule has 5 aromatic rings. The molecule has 6 nitrogen and oxygen atoms in total. The summed E-state index contributed by atoms with van der Waals surface area (Å²) in [5.74, 6) is 0. The number of nitrogens with zero attached hydrogens (tertiary/aromatic N) is 4. The normalized spacial score (nSPS) is 13.7. The van der Waals surface area contributed by atoms with Crippen LogP contribution < -0.4 is 0 Å². The molecule has 0 aliphatic carbocycles. The summed E-state index contributed by atoms with van der Waals surface area (Å²) in [6.45, 7) is 5.41. The fraction of sp³-hybridized carbons (Fsp3) is 0.226. The van der Waals surface area contributed by atoms with Crippen molar-refractivity contribution in [2.75, 3.05) is 33.4 Å². The number of aldehydes is 1. The number of fused-ring (bicyclic) bond motifs is 1. The van der Waals surface area contributed by atoms with Gasteiger partial charge >= 0.3 is 0 Å². The fourth-order valence-corrected chi connectivity index (χ4v) is 4.91. The molecule has 2 aromatic heterocycles. The highest BCUT2D eigenvalue weighted by atomic mass is 79.9. The van der Waals surface area contributed by atoms with Crippen LogP contribution in [0.2, 0.25) is 0 Å². The first-order valence-electron chi connectivity index (χ1n) is 12.7. The molecule has 194 valence electrons. The van der Waals surface area contributed by atoms with E-state index in [-0.39, 0.29) is 0 Å². The SMILES string of the molecule is CN1CCOCC1.O=Cc1cn(Cc2cncn2Cc2ccc(Br)cc2)cc1-c1cccc2ccccc12. The largest absolute Gasteiger partial charge is 0.379 e. The molecule has 0 radical (unpaired) electrons. The minimum Gasteiger partial charge on any atom is -0.379 e. The summed E-state index contributed by atoms with van der Waals surface area (Å²) in [5.41, 5.74) is 5.00. The van der Waals surface area contributed by atoms with E-state index in [9.17, 15) is 4.79 Å². The van der Waals surface area contributed by atoms with Crippen molar-refractivity contribution in [3.63, 3.8) is 0 Å². The molecule has 0 unspecified atom stereocenters. The van der Waals surface area contributed by atoms with Gasteiger partial charge in [0.15, 0.2) is 6.29 Å². The average molecular weight is 572 g/mol. The van der Waals surface area contributed by atoms with Crippen LogP contribution in [-0.2, 0) is 17.8 Å². The zero-order chi connectivity index (χ0) is 26.3. The van der Waals surface area contributed by atoms with Crippen LogP contribution in [0.4, 0.5) is 0 Å². The summed E-state index contributed by atoms with van der Waals surface area (Å²) in [7, 11) is 2.11. The Kier molecular flexibility index (Phi) is 8.48. The monoisotopic (exact) mass is 570 g/mol. The average Bonchev–Trinajstić information content (AvgIpc) is 3.57. The van der Waals surface area contributed by atoms with Crippen LogP contribution in [0.25, 0.3) is 21.9 Å². The standard InChI is InChI=1S/C26H20BrN3O.C5H11NO/c27-22-10-8-19(9-11-22)13-30-18-28-12-23(30)15-29-14-21(17-31)26(16-29)25-7-3-5-20-4-1-2-6-24(20)25;1-6-2-4-7-5-3-6/h1-12,14,16-18H,13,15H2;2-5H2,1H3. The molecule has 0 amide bonds. The lowest BCUT2D eigenvalue weighted by molar-refractivity contribution is 0.0503. The Morgan fingerprint density at radius 1 is 0.921 bits per heavy atom. The van der Waals surface area contributed by atoms with Gasteiger partial charge in [0.1, 0.15) is 0 Å². The highest BCUT2D eigenvalue weighted by Gasteiger charge is 2.13. The zero-order valence-electron chi connectivity index (χ0n) is 21.5. The van der Waals surface area contributed by atoms with Crippen molar-refractivity contribution in [1.29, 1.82) is 0 Å². The number of morpholine rings is 1. The summed E-state index contributed by atoms with van der Waals surface area (Å²) in [5, 5.41) is 2.31. The number of likely N-dealkylation sites (N-methyl/N-ethyl adjacent to an activating group) is 1. The maximum Gasteiger partial charge on any atom is 0.152 e. The van der Waals surface area contributed by atoms with Crippen LogP contribution in [-0.4, -0.2) is 58.7 Å². The molecule has 7 heteroatoms. The topological polar surface area (TPSA) is 52.3 Å². The highest BCUT2D eigenvalue weighted by Crippen LogP contribution is 2.31. The van der Waals surface area contributed by atoms with Crippen molar-refractivity contribution in [2.45, 2.75) is 13.1 Å². The van der Waals surface area contributed by atoms with Crippen molar-refractivity contribution in [2.24, 2.45) is 0 Å². The quantitative estimate of drug-likeness (QED) is 0.231. The lowest BCUT2D eigenvalue weighted by atomic mass is 9.98. The van der Waals surface area contributed by atoms with Crippen LogP contribution >= 0.6 is 15.9 Å². The summed E-state index contributed by atoms with van der Waals surface area (Å²) in [4.78, 5) is 18.5. The second kappa shape index (κ2) is 12.3. The molecule has 6 rings (SSSR count). The van der Waals surface area contributed by atoms with Crippen LogP contribution in [0, 0.1) is 0 Å². The predicted molar refractivity (Wildman–Crippen MR) is 156 cm³/mol. The summed E-state index contributed by atoms with van der Waals surface area (Å²) in [6, 6.07) is 22.8. The van der Waals surface area contributed by atoms with Crippen molar-refractivity contribution in [3.05, 3.63) is 113 Å². The van der Waals surface area contributed by atoms with E-state index in [4.69, 9.17) is 4.74 Å². The van der Waals surface area contributed by atoms with Crippen LogP contribution in [0.15, 0.2) is 96.1 Å². The predicted octanol–water partition coefficient (Wildman–Crippen LogP) is 6.12. The first-order valence-corrected chi connectivity index (χ1v) is 13.5. The number of ether oxygens (including phenoxy) is 1. The molecule has 3 aromatic carbocycles. The van der Waals surface area contributed by atoms with Gasteiger partial charge in [-0.05, 0) is 41.1 Å². The molecule has 0 spiro atoms. The smallest absolute Gasteiger partial charge is 0.152 e. The van der Waals surface area contributed by atoms with Gasteiger partial charge in [0, 0.05) is 53.8 Å². The molecule has 38 heavy (non-hydrogen) atoms. The molecule has 1 saturated heterocycles. The number of rotatable bonds is 6. The maximum absolute atomic E-state index is 11.9. The van der Waals surface area contributed by atoms with Crippen LogP contribution in [0.5, 0.6) is 0 Å². The van der Waals surface area contributed by atoms with Gasteiger partial charge in [-0.15, -0.1) is 0 Å². The van der Waals surface area contributed by atoms with Crippen molar-refractivity contribution in [1.82, 2.24) is 19.0 Å². The maximum atomic E-state index is 11.9. The van der Waals surface area contributed by atoms with E-state index in [0.717, 1.165) is 71.2 Å². The molecule has 0 atom stereocenters. The molecule has 0 saturated carbocycles. The van der Waals surface area contributed by atoms with E-state index in [1.165, 1.54) is 5.56 Å². The number of benzene rings is 3. The third-order valence-electron chi connectivity index (χ3n) is 6.76. The van der Waals surface area contributed by atoms with E-state index < -0.39 is 0 Å². The molecule has 0 N–H and O–H groups in total. The third-order valence-corrected chi connectivity index (χ3v) is 7.29. The number of imidazole rings is 1. The van der Waals surface area contributed by atoms with E-state index in [0.29, 0.717) is 12.1 Å². The van der Waals surface area contributed by atoms with Gasteiger partial charge in [-0.1, -0.05) is 70.5 Å². The molecular weight excluding hydrogens is 540 g/mol. The lowest BCUT2D eigenvalue weighted by Gasteiger charge is -2.21. The second-order valence-electron chi connectivity index (χ2n) is 9.50. The summed E-state index contributed by atoms with van der Waals surface area (Å²) < 4.78 is 10.4. The minimum absolute atomic E-state index is 0.641. The number of carbonyl (C=O) groups is 1. The van der Waals surface area contributed by atoms with E-state index in [1.807, 2.05) is 49.1 Å². The van der Waals surface area contributed by atoms with E-state index >= 15 is 0 Å². The van der Waals surface area contributed by atoms with Gasteiger partial charge in [-0.3, -0.25) is 4.79 Å². The fourth-order valence-electron chi connectivity index (χ4n) is 4.65. The number of hydrogen-bond acceptors (Lipinski definition) is 4. The molecule has 0 bridgehead atoms. The second-order valence-corrected chi connectivity index (χ2v) is 10.4. The van der Waals surface area contributed by atoms with Crippen molar-refractivity contribution < 1.29 is 9.53 Å². The Labute approximate surface area is 231 Å². The van der Waals surface area contributed by atoms with Gasteiger partial charge < -0.3 is 18.8 Å². The van der Waals surface area contributed by atoms with E-state index in [2.05, 4.69) is 84.6 Å². The van der Waals surface area contributed by atoms with Crippen LogP contribution in [0.3, 0.4) is 0 Å². The Morgan fingerprint density at radius 3 is 2.42 bits per heavy atom. The van der Waals surface area contributed by atoms with Crippen LogP contribution in [0.1, 0.15) is 21.6 Å². The Morgan fingerprint density at radius 2 is 1.68 bits per heavy atom. The third kappa shape index (κ3) is 6.30. The van der Waals surface area contributed by atoms with Gasteiger partial charge in [-0.2, -0.15) is 0 Å². The Hall–Kier alpha value is -3.52. The zero-order valence-corrected chi connectivity index (χ0v) is 23.0. The van der Waals surface area contributed by atoms with E-state index in [1.54, 1.807) is 0 Å². The minimum atomic E-state index is 0.641. The molecular formula is C31H31BrN4O2. The first-order chi connectivity index (χ1) is 18.6. The Bertz CT molecular complexity index is 1490.